The number of hydrogen-bond acceptors (Lipinski definition) is 7. The number of tetrazole rings is 1. The molecular formula is C17H18F3N5O4. The Kier molecular flexibility index (Phi) is 5.99. The number of carbonyl (C=O) groups is 2. The second-order valence-electron chi connectivity index (χ2n) is 6.29. The number of benzene rings is 1. The van der Waals surface area contributed by atoms with Gasteiger partial charge in [0.15, 0.2) is 0 Å². The van der Waals surface area contributed by atoms with Gasteiger partial charge in [0.25, 0.3) is 11.7 Å². The van der Waals surface area contributed by atoms with Crippen molar-refractivity contribution < 1.29 is 32.2 Å². The standard InChI is InChI=1S/C17H18F3N5O4/c1-2-28-16(27)11-4-3-9-24(10-11)15(26)14-21-23-25(22-14)12-5-7-13(8-6-12)29-17(18,19)20/h5-8,11H,2-4,9-10H2,1H3/t11-/m1/s1. The number of amides is 1. The minimum absolute atomic E-state index is 0.176. The van der Waals surface area contributed by atoms with Gasteiger partial charge >= 0.3 is 12.3 Å². The van der Waals surface area contributed by atoms with E-state index in [4.69, 9.17) is 4.74 Å². The molecule has 1 aliphatic heterocycles. The van der Waals surface area contributed by atoms with E-state index in [0.717, 1.165) is 16.9 Å². The van der Waals surface area contributed by atoms with Crippen molar-refractivity contribution in [2.45, 2.75) is 26.1 Å². The first-order chi connectivity index (χ1) is 13.8. The zero-order chi connectivity index (χ0) is 21.0. The van der Waals surface area contributed by atoms with Gasteiger partial charge in [-0.1, -0.05) is 0 Å². The zero-order valence-electron chi connectivity index (χ0n) is 15.4. The van der Waals surface area contributed by atoms with E-state index in [0.29, 0.717) is 25.1 Å². The number of piperidine rings is 1. The topological polar surface area (TPSA) is 99.4 Å². The highest BCUT2D eigenvalue weighted by atomic mass is 19.4. The van der Waals surface area contributed by atoms with Gasteiger partial charge in [0.1, 0.15) is 5.75 Å². The molecule has 3 rings (SSSR count). The number of rotatable bonds is 5. The Morgan fingerprint density at radius 1 is 1.24 bits per heavy atom. The molecule has 0 spiro atoms. The van der Waals surface area contributed by atoms with Crippen LogP contribution < -0.4 is 4.74 Å². The molecule has 12 heteroatoms. The Morgan fingerprint density at radius 3 is 2.62 bits per heavy atom. The minimum atomic E-state index is -4.79. The zero-order valence-corrected chi connectivity index (χ0v) is 15.4. The van der Waals surface area contributed by atoms with E-state index in [2.05, 4.69) is 20.1 Å². The summed E-state index contributed by atoms with van der Waals surface area (Å²) in [6, 6.07) is 4.80. The Bertz CT molecular complexity index is 869. The average molecular weight is 413 g/mol. The Balaban J connectivity index is 1.67. The van der Waals surface area contributed by atoms with Crippen LogP contribution in [0.3, 0.4) is 0 Å². The molecule has 0 saturated carbocycles. The maximum Gasteiger partial charge on any atom is 0.573 e. The molecule has 0 bridgehead atoms. The fraction of sp³-hybridized carbons (Fsp3) is 0.471. The minimum Gasteiger partial charge on any atom is -0.466 e. The number of esters is 1. The van der Waals surface area contributed by atoms with Crippen molar-refractivity contribution >= 4 is 11.9 Å². The van der Waals surface area contributed by atoms with Crippen LogP contribution in [0.15, 0.2) is 24.3 Å². The molecule has 0 N–H and O–H groups in total. The molecule has 0 aliphatic carbocycles. The maximum absolute atomic E-state index is 12.6. The predicted octanol–water partition coefficient (Wildman–Crippen LogP) is 1.98. The molecule has 9 nitrogen and oxygen atoms in total. The van der Waals surface area contributed by atoms with Gasteiger partial charge in [-0.25, -0.2) is 0 Å². The molecule has 2 heterocycles. The smallest absolute Gasteiger partial charge is 0.466 e. The first-order valence-corrected chi connectivity index (χ1v) is 8.89. The monoisotopic (exact) mass is 413 g/mol. The lowest BCUT2D eigenvalue weighted by atomic mass is 9.98. The van der Waals surface area contributed by atoms with E-state index in [-0.39, 0.29) is 24.9 Å². The van der Waals surface area contributed by atoms with E-state index >= 15 is 0 Å². The van der Waals surface area contributed by atoms with Crippen LogP contribution in [0.2, 0.25) is 0 Å². The molecular weight excluding hydrogens is 395 g/mol. The number of halogens is 3. The van der Waals surface area contributed by atoms with Gasteiger partial charge in [-0.15, -0.1) is 28.2 Å². The number of nitrogens with zero attached hydrogens (tertiary/aromatic N) is 5. The third-order valence-electron chi connectivity index (χ3n) is 4.23. The largest absolute Gasteiger partial charge is 0.573 e. The second-order valence-corrected chi connectivity index (χ2v) is 6.29. The summed E-state index contributed by atoms with van der Waals surface area (Å²) in [5.74, 6) is -1.80. The predicted molar refractivity (Wildman–Crippen MR) is 91.1 cm³/mol. The lowest BCUT2D eigenvalue weighted by Crippen LogP contribution is -2.43. The van der Waals surface area contributed by atoms with Crippen molar-refractivity contribution in [1.29, 1.82) is 0 Å². The number of alkyl halides is 3. The molecule has 156 valence electrons. The molecule has 1 aromatic carbocycles. The fourth-order valence-electron chi connectivity index (χ4n) is 2.95. The summed E-state index contributed by atoms with van der Waals surface area (Å²) in [4.78, 5) is 27.0. The van der Waals surface area contributed by atoms with Crippen LogP contribution in [-0.2, 0) is 9.53 Å². The van der Waals surface area contributed by atoms with E-state index in [1.54, 1.807) is 6.92 Å². The van der Waals surface area contributed by atoms with E-state index in [1.165, 1.54) is 17.0 Å². The van der Waals surface area contributed by atoms with Crippen molar-refractivity contribution in [2.24, 2.45) is 5.92 Å². The molecule has 2 aromatic rings. The Hall–Kier alpha value is -3.18. The van der Waals surface area contributed by atoms with Crippen molar-refractivity contribution in [2.75, 3.05) is 19.7 Å². The van der Waals surface area contributed by atoms with Crippen molar-refractivity contribution in [3.63, 3.8) is 0 Å². The van der Waals surface area contributed by atoms with Gasteiger partial charge in [0.05, 0.1) is 18.2 Å². The molecule has 1 atom stereocenters. The maximum atomic E-state index is 12.6. The fourth-order valence-corrected chi connectivity index (χ4v) is 2.95. The summed E-state index contributed by atoms with van der Waals surface area (Å²) in [5.41, 5.74) is 0.300. The molecule has 0 unspecified atom stereocenters. The van der Waals surface area contributed by atoms with Gasteiger partial charge in [0.2, 0.25) is 0 Å². The van der Waals surface area contributed by atoms with Crippen molar-refractivity contribution in [3.05, 3.63) is 30.1 Å². The molecule has 1 saturated heterocycles. The number of ether oxygens (including phenoxy) is 2. The molecule has 0 radical (unpaired) electrons. The quantitative estimate of drug-likeness (QED) is 0.691. The second kappa shape index (κ2) is 8.45. The average Bonchev–Trinajstić information content (AvgIpc) is 3.17. The van der Waals surface area contributed by atoms with Crippen LogP contribution in [-0.4, -0.2) is 63.0 Å². The summed E-state index contributed by atoms with van der Waals surface area (Å²) in [5, 5.41) is 11.5. The van der Waals surface area contributed by atoms with E-state index in [1.807, 2.05) is 0 Å². The molecule has 1 aromatic heterocycles. The first kappa shape index (κ1) is 20.6. The Labute approximate surface area is 163 Å². The summed E-state index contributed by atoms with van der Waals surface area (Å²) in [7, 11) is 0. The van der Waals surface area contributed by atoms with Crippen LogP contribution in [0.5, 0.6) is 5.75 Å². The lowest BCUT2D eigenvalue weighted by molar-refractivity contribution is -0.274. The number of likely N-dealkylation sites (tertiary alicyclic amines) is 1. The molecule has 1 aliphatic rings. The van der Waals surface area contributed by atoms with Gasteiger partial charge in [-0.2, -0.15) is 0 Å². The van der Waals surface area contributed by atoms with Crippen molar-refractivity contribution in [1.82, 2.24) is 25.1 Å². The van der Waals surface area contributed by atoms with Crippen molar-refractivity contribution in [3.8, 4) is 11.4 Å². The van der Waals surface area contributed by atoms with E-state index in [9.17, 15) is 22.8 Å². The summed E-state index contributed by atoms with van der Waals surface area (Å²) < 4.78 is 45.5. The number of carbonyl (C=O) groups excluding carboxylic acids is 2. The highest BCUT2D eigenvalue weighted by molar-refractivity contribution is 5.90. The number of hydrogen-bond donors (Lipinski definition) is 0. The highest BCUT2D eigenvalue weighted by Gasteiger charge is 2.32. The van der Waals surface area contributed by atoms with Gasteiger partial charge < -0.3 is 14.4 Å². The van der Waals surface area contributed by atoms with Crippen LogP contribution in [0.4, 0.5) is 13.2 Å². The number of aromatic nitrogens is 4. The van der Waals surface area contributed by atoms with Crippen LogP contribution >= 0.6 is 0 Å². The lowest BCUT2D eigenvalue weighted by Gasteiger charge is -2.30. The molecule has 1 fully saturated rings. The van der Waals surface area contributed by atoms with E-state index < -0.39 is 23.9 Å². The summed E-state index contributed by atoms with van der Waals surface area (Å²) >= 11 is 0. The normalized spacial score (nSPS) is 17.1. The van der Waals surface area contributed by atoms with Gasteiger partial charge in [-0.3, -0.25) is 9.59 Å². The van der Waals surface area contributed by atoms with Crippen LogP contribution in [0.1, 0.15) is 30.4 Å². The third kappa shape index (κ3) is 5.21. The Morgan fingerprint density at radius 2 is 1.97 bits per heavy atom. The van der Waals surface area contributed by atoms with Crippen LogP contribution in [0, 0.1) is 5.92 Å². The van der Waals surface area contributed by atoms with Crippen LogP contribution in [0.25, 0.3) is 5.69 Å². The van der Waals surface area contributed by atoms with Gasteiger partial charge in [0, 0.05) is 13.1 Å². The SMILES string of the molecule is CCOC(=O)[C@@H]1CCCN(C(=O)c2nnn(-c3ccc(OC(F)(F)F)cc3)n2)C1. The summed E-state index contributed by atoms with van der Waals surface area (Å²) in [6.45, 7) is 2.64. The highest BCUT2D eigenvalue weighted by Crippen LogP contribution is 2.23. The third-order valence-corrected chi connectivity index (χ3v) is 4.23. The first-order valence-electron chi connectivity index (χ1n) is 8.89. The summed E-state index contributed by atoms with van der Waals surface area (Å²) in [6.07, 6.45) is -3.51. The molecule has 1 amide bonds. The molecule has 29 heavy (non-hydrogen) atoms. The van der Waals surface area contributed by atoms with Gasteiger partial charge in [-0.05, 0) is 49.2 Å².